The Morgan fingerprint density at radius 1 is 1.60 bits per heavy atom. The Morgan fingerprint density at radius 2 is 2.30 bits per heavy atom. The maximum atomic E-state index is 11.7. The molecule has 0 N–H and O–H groups in total. The molecule has 2 rings (SSSR count). The summed E-state index contributed by atoms with van der Waals surface area (Å²) in [5.74, 6) is -0.658. The number of ether oxygens (including phenoxy) is 1. The smallest absolute Gasteiger partial charge is 0.359 e. The zero-order chi connectivity index (χ0) is 15.0. The van der Waals surface area contributed by atoms with Gasteiger partial charge in [-0.05, 0) is 20.3 Å². The van der Waals surface area contributed by atoms with Gasteiger partial charge in [-0.15, -0.1) is 0 Å². The molecule has 1 fully saturated rings. The van der Waals surface area contributed by atoms with E-state index < -0.39 is 21.3 Å². The predicted molar refractivity (Wildman–Crippen MR) is 70.5 cm³/mol. The van der Waals surface area contributed by atoms with Gasteiger partial charge in [-0.1, -0.05) is 0 Å². The molecule has 1 saturated heterocycles. The molecule has 0 saturated carbocycles. The van der Waals surface area contributed by atoms with Gasteiger partial charge in [0.05, 0.1) is 29.2 Å². The second-order valence-electron chi connectivity index (χ2n) is 5.05. The fraction of sp³-hybridized carbons (Fsp3) is 0.583. The van der Waals surface area contributed by atoms with Crippen molar-refractivity contribution in [3.63, 3.8) is 0 Å². The topological polar surface area (TPSA) is 95.3 Å². The maximum absolute atomic E-state index is 11.7. The van der Waals surface area contributed by atoms with Gasteiger partial charge in [-0.3, -0.25) is 9.48 Å². The molecule has 7 nitrogen and oxygen atoms in total. The number of esters is 1. The summed E-state index contributed by atoms with van der Waals surface area (Å²) in [4.78, 5) is 22.7. The molecule has 8 heteroatoms. The average Bonchev–Trinajstić information content (AvgIpc) is 2.92. The van der Waals surface area contributed by atoms with Crippen LogP contribution in [0.15, 0.2) is 6.20 Å². The van der Waals surface area contributed by atoms with Crippen molar-refractivity contribution in [1.29, 1.82) is 0 Å². The van der Waals surface area contributed by atoms with Crippen molar-refractivity contribution in [1.82, 2.24) is 9.78 Å². The van der Waals surface area contributed by atoms with Gasteiger partial charge in [0.2, 0.25) is 0 Å². The molecule has 1 aliphatic rings. The van der Waals surface area contributed by atoms with Crippen molar-refractivity contribution in [3.05, 3.63) is 17.5 Å². The second kappa shape index (κ2) is 5.01. The van der Waals surface area contributed by atoms with Crippen LogP contribution in [0.4, 0.5) is 0 Å². The molecule has 1 unspecified atom stereocenters. The highest BCUT2D eigenvalue weighted by molar-refractivity contribution is 7.91. The van der Waals surface area contributed by atoms with Gasteiger partial charge in [-0.2, -0.15) is 5.10 Å². The van der Waals surface area contributed by atoms with Crippen molar-refractivity contribution >= 4 is 22.1 Å². The van der Waals surface area contributed by atoms with Gasteiger partial charge in [0.1, 0.15) is 0 Å². The summed E-state index contributed by atoms with van der Waals surface area (Å²) in [5.41, 5.74) is -0.706. The summed E-state index contributed by atoms with van der Waals surface area (Å²) in [5, 5.41) is 4.07. The molecule has 0 aromatic carbocycles. The Bertz CT molecular complexity index is 649. The standard InChI is InChI=1S/C12H16N2O5S/c1-3-19-11(16)10-9(7-15)6-14(13-10)12(2)4-5-20(17,18)8-12/h6-7H,3-5,8H2,1-2H3. The molecule has 0 spiro atoms. The monoisotopic (exact) mass is 300 g/mol. The van der Waals surface area contributed by atoms with Crippen LogP contribution in [-0.4, -0.2) is 48.6 Å². The summed E-state index contributed by atoms with van der Waals surface area (Å²) in [7, 11) is -3.11. The molecule has 1 atom stereocenters. The predicted octanol–water partition coefficient (Wildman–Crippen LogP) is 0.406. The third kappa shape index (κ3) is 2.60. The quantitative estimate of drug-likeness (QED) is 0.590. The average molecular weight is 300 g/mol. The Labute approximate surface area is 116 Å². The number of nitrogens with zero attached hydrogens (tertiary/aromatic N) is 2. The van der Waals surface area contributed by atoms with E-state index >= 15 is 0 Å². The molecule has 110 valence electrons. The third-order valence-electron chi connectivity index (χ3n) is 3.37. The number of carbonyl (C=O) groups is 2. The highest BCUT2D eigenvalue weighted by Crippen LogP contribution is 2.30. The lowest BCUT2D eigenvalue weighted by Crippen LogP contribution is -2.32. The second-order valence-corrected chi connectivity index (χ2v) is 7.24. The minimum absolute atomic E-state index is 0.0533. The van der Waals surface area contributed by atoms with E-state index in [1.165, 1.54) is 10.9 Å². The zero-order valence-electron chi connectivity index (χ0n) is 11.3. The summed E-state index contributed by atoms with van der Waals surface area (Å²) in [6.07, 6.45) is 2.32. The number of sulfone groups is 1. The molecule has 1 aliphatic heterocycles. The van der Waals surface area contributed by atoms with E-state index in [4.69, 9.17) is 4.74 Å². The van der Waals surface area contributed by atoms with Crippen LogP contribution in [0.3, 0.4) is 0 Å². The van der Waals surface area contributed by atoms with E-state index in [2.05, 4.69) is 5.10 Å². The van der Waals surface area contributed by atoms with Crippen LogP contribution in [0, 0.1) is 0 Å². The van der Waals surface area contributed by atoms with E-state index in [1.54, 1.807) is 13.8 Å². The van der Waals surface area contributed by atoms with Gasteiger partial charge >= 0.3 is 5.97 Å². The van der Waals surface area contributed by atoms with Crippen LogP contribution in [0.1, 0.15) is 41.1 Å². The van der Waals surface area contributed by atoms with Gasteiger partial charge in [0, 0.05) is 6.20 Å². The number of hydrogen-bond donors (Lipinski definition) is 0. The first kappa shape index (κ1) is 14.7. The van der Waals surface area contributed by atoms with Crippen molar-refractivity contribution in [2.45, 2.75) is 25.8 Å². The molecule has 1 aromatic rings. The van der Waals surface area contributed by atoms with Crippen molar-refractivity contribution in [2.75, 3.05) is 18.1 Å². The van der Waals surface area contributed by atoms with E-state index in [-0.39, 0.29) is 29.4 Å². The summed E-state index contributed by atoms with van der Waals surface area (Å²) in [6.45, 7) is 3.57. The van der Waals surface area contributed by atoms with Gasteiger partial charge in [0.15, 0.2) is 21.8 Å². The first-order valence-electron chi connectivity index (χ1n) is 6.24. The summed E-state index contributed by atoms with van der Waals surface area (Å²) in [6, 6.07) is 0. The first-order chi connectivity index (χ1) is 9.31. The Kier molecular flexibility index (Phi) is 3.68. The Morgan fingerprint density at radius 3 is 2.80 bits per heavy atom. The molecule has 0 amide bonds. The number of aldehydes is 1. The summed E-state index contributed by atoms with van der Waals surface area (Å²) < 4.78 is 29.5. The van der Waals surface area contributed by atoms with Crippen LogP contribution >= 0.6 is 0 Å². The van der Waals surface area contributed by atoms with Crippen molar-refractivity contribution < 1.29 is 22.7 Å². The number of hydrogen-bond acceptors (Lipinski definition) is 6. The Hall–Kier alpha value is -1.70. The minimum atomic E-state index is -3.11. The summed E-state index contributed by atoms with van der Waals surface area (Å²) >= 11 is 0. The molecule has 0 aliphatic carbocycles. The van der Waals surface area contributed by atoms with Gasteiger partial charge < -0.3 is 4.74 Å². The molecule has 2 heterocycles. The van der Waals surface area contributed by atoms with Crippen molar-refractivity contribution in [2.24, 2.45) is 0 Å². The van der Waals surface area contributed by atoms with Crippen LogP contribution in [-0.2, 0) is 20.1 Å². The zero-order valence-corrected chi connectivity index (χ0v) is 12.1. The van der Waals surface area contributed by atoms with Crippen LogP contribution in [0.2, 0.25) is 0 Å². The van der Waals surface area contributed by atoms with Crippen molar-refractivity contribution in [3.8, 4) is 0 Å². The molecule has 0 radical (unpaired) electrons. The fourth-order valence-corrected chi connectivity index (χ4v) is 4.40. The van der Waals surface area contributed by atoms with E-state index in [0.717, 1.165) is 0 Å². The van der Waals surface area contributed by atoms with Crippen LogP contribution in [0.5, 0.6) is 0 Å². The molecule has 0 bridgehead atoms. The highest BCUT2D eigenvalue weighted by Gasteiger charge is 2.41. The van der Waals surface area contributed by atoms with Gasteiger partial charge in [-0.25, -0.2) is 13.2 Å². The molecule has 20 heavy (non-hydrogen) atoms. The van der Waals surface area contributed by atoms with E-state index in [1.807, 2.05) is 0 Å². The minimum Gasteiger partial charge on any atom is -0.461 e. The molecular formula is C12H16N2O5S. The molecular weight excluding hydrogens is 284 g/mol. The normalized spacial score (nSPS) is 24.5. The third-order valence-corrected chi connectivity index (χ3v) is 5.26. The van der Waals surface area contributed by atoms with Crippen LogP contribution < -0.4 is 0 Å². The highest BCUT2D eigenvalue weighted by atomic mass is 32.2. The van der Waals surface area contributed by atoms with E-state index in [9.17, 15) is 18.0 Å². The first-order valence-corrected chi connectivity index (χ1v) is 8.06. The number of carbonyl (C=O) groups excluding carboxylic acids is 2. The maximum Gasteiger partial charge on any atom is 0.359 e. The Balaban J connectivity index is 2.40. The molecule has 1 aromatic heterocycles. The van der Waals surface area contributed by atoms with E-state index in [0.29, 0.717) is 12.7 Å². The number of rotatable bonds is 4. The largest absolute Gasteiger partial charge is 0.461 e. The lowest BCUT2D eigenvalue weighted by atomic mass is 10.0. The SMILES string of the molecule is CCOC(=O)c1nn(C2(C)CCS(=O)(=O)C2)cc1C=O. The van der Waals surface area contributed by atoms with Gasteiger partial charge in [0.25, 0.3) is 0 Å². The fourth-order valence-electron chi connectivity index (χ4n) is 2.28. The lowest BCUT2D eigenvalue weighted by molar-refractivity contribution is 0.0515. The number of aromatic nitrogens is 2. The lowest BCUT2D eigenvalue weighted by Gasteiger charge is -2.22. The van der Waals surface area contributed by atoms with Crippen LogP contribution in [0.25, 0.3) is 0 Å².